The Morgan fingerprint density at radius 2 is 1.71 bits per heavy atom. The predicted molar refractivity (Wildman–Crippen MR) is 148 cm³/mol. The van der Waals surface area contributed by atoms with Gasteiger partial charge in [-0.15, -0.1) is 0 Å². The Morgan fingerprint density at radius 1 is 1.02 bits per heavy atom. The van der Waals surface area contributed by atoms with Gasteiger partial charge in [-0.25, -0.2) is 22.2 Å². The molecule has 2 amide bonds. The van der Waals surface area contributed by atoms with Crippen LogP contribution in [0, 0.1) is 18.6 Å². The van der Waals surface area contributed by atoms with E-state index in [1.165, 1.54) is 49.6 Å². The van der Waals surface area contributed by atoms with E-state index in [1.54, 1.807) is 24.0 Å². The monoisotopic (exact) mass is 587 g/mol. The van der Waals surface area contributed by atoms with E-state index < -0.39 is 28.5 Å². The van der Waals surface area contributed by atoms with Crippen LogP contribution in [0.5, 0.6) is 0 Å². The summed E-state index contributed by atoms with van der Waals surface area (Å²) in [7, 11) is -2.75. The lowest BCUT2D eigenvalue weighted by molar-refractivity contribution is -0.125. The number of aromatic nitrogens is 1. The van der Waals surface area contributed by atoms with Crippen LogP contribution in [0.1, 0.15) is 40.2 Å². The Balaban J connectivity index is 1.55. The average Bonchev–Trinajstić information content (AvgIpc) is 2.96. The quantitative estimate of drug-likeness (QED) is 0.245. The van der Waals surface area contributed by atoms with Crippen LogP contribution in [-0.4, -0.2) is 63.6 Å². The lowest BCUT2D eigenvalue weighted by Gasteiger charge is -2.32. The molecule has 0 aliphatic carbocycles. The molecule has 1 saturated heterocycles. The van der Waals surface area contributed by atoms with Gasteiger partial charge >= 0.3 is 0 Å². The number of nitrogens with zero attached hydrogens (tertiary/aromatic N) is 2. The van der Waals surface area contributed by atoms with E-state index >= 15 is 0 Å². The number of hydrogen-bond acceptors (Lipinski definition) is 7. The fourth-order valence-electron chi connectivity index (χ4n) is 4.50. The zero-order chi connectivity index (χ0) is 29.6. The van der Waals surface area contributed by atoms with Crippen molar-refractivity contribution >= 4 is 33.2 Å². The number of benzene rings is 2. The second kappa shape index (κ2) is 13.1. The number of likely N-dealkylation sites (N-methyl/N-ethyl adjacent to an activating group) is 1. The summed E-state index contributed by atoms with van der Waals surface area (Å²) in [5.41, 5.74) is 2.35. The summed E-state index contributed by atoms with van der Waals surface area (Å²) in [6, 6.07) is 11.6. The number of piperidine rings is 1. The summed E-state index contributed by atoms with van der Waals surface area (Å²) in [6.45, 7) is 1.76. The lowest BCUT2D eigenvalue weighted by Crippen LogP contribution is -2.38. The van der Waals surface area contributed by atoms with Crippen molar-refractivity contribution in [2.24, 2.45) is 0 Å². The third-order valence-corrected chi connectivity index (χ3v) is 8.10. The first-order valence-corrected chi connectivity index (χ1v) is 14.4. The molecule has 1 aliphatic rings. The molecule has 4 rings (SSSR count). The topological polar surface area (TPSA) is 130 Å². The molecule has 0 unspecified atom stereocenters. The van der Waals surface area contributed by atoms with E-state index in [1.807, 2.05) is 0 Å². The number of anilines is 2. The van der Waals surface area contributed by atoms with Gasteiger partial charge in [0.2, 0.25) is 5.91 Å². The summed E-state index contributed by atoms with van der Waals surface area (Å²) in [4.78, 5) is 30.6. The molecule has 1 aliphatic heterocycles. The lowest BCUT2D eigenvalue weighted by atomic mass is 9.89. The van der Waals surface area contributed by atoms with Gasteiger partial charge in [-0.05, 0) is 67.1 Å². The van der Waals surface area contributed by atoms with E-state index in [0.717, 1.165) is 5.56 Å². The Labute approximate surface area is 237 Å². The number of likely N-dealkylation sites (tertiary alicyclic amines) is 1. The third-order valence-electron chi connectivity index (χ3n) is 6.83. The van der Waals surface area contributed by atoms with Gasteiger partial charge in [0.05, 0.1) is 11.3 Å². The highest BCUT2D eigenvalue weighted by molar-refractivity contribution is 7.89. The normalized spacial score (nSPS) is 14.1. The number of halogens is 2. The van der Waals surface area contributed by atoms with Crippen molar-refractivity contribution in [3.05, 3.63) is 83.1 Å². The average molecular weight is 588 g/mol. The summed E-state index contributed by atoms with van der Waals surface area (Å²) in [6.07, 6.45) is 2.55. The van der Waals surface area contributed by atoms with E-state index in [2.05, 4.69) is 20.3 Å². The smallest absolute Gasteiger partial charge is 0.260 e. The minimum Gasteiger partial charge on any atom is -0.357 e. The Hall–Kier alpha value is -3.94. The molecule has 0 saturated carbocycles. The second-order valence-corrected chi connectivity index (χ2v) is 11.3. The zero-order valence-electron chi connectivity index (χ0n) is 22.6. The van der Waals surface area contributed by atoms with Crippen LogP contribution in [0.15, 0.2) is 59.8 Å². The van der Waals surface area contributed by atoms with Gasteiger partial charge in [-0.2, -0.15) is 4.72 Å². The van der Waals surface area contributed by atoms with E-state index in [-0.39, 0.29) is 40.5 Å². The molecular formula is C28H31F2N5O5S. The molecule has 0 spiro atoms. The molecule has 41 heavy (non-hydrogen) atoms. The first kappa shape index (κ1) is 30.0. The standard InChI is InChI=1S/C28H31F2N5O5S/c1-18-13-22(30)7-8-24(18)34-25-14-27(41(38,39)33-17-40-16-26(36)31-2)32-15-23(25)28(37)35-11-9-20(10-12-35)19-3-5-21(29)6-4-19/h3-8,13-15,20,33H,9-12,16-17H2,1-2H3,(H,31,36)(H,32,34). The molecule has 2 heterocycles. The Morgan fingerprint density at radius 3 is 2.37 bits per heavy atom. The highest BCUT2D eigenvalue weighted by Gasteiger charge is 2.28. The number of aryl methyl sites for hydroxylation is 1. The van der Waals surface area contributed by atoms with Gasteiger partial charge in [-0.3, -0.25) is 9.59 Å². The maximum absolute atomic E-state index is 13.7. The number of carbonyl (C=O) groups excluding carboxylic acids is 2. The van der Waals surface area contributed by atoms with Crippen LogP contribution in [0.3, 0.4) is 0 Å². The first-order valence-electron chi connectivity index (χ1n) is 12.9. The maximum Gasteiger partial charge on any atom is 0.260 e. The number of hydrogen-bond donors (Lipinski definition) is 3. The summed E-state index contributed by atoms with van der Waals surface area (Å²) < 4.78 is 60.0. The summed E-state index contributed by atoms with van der Waals surface area (Å²) >= 11 is 0. The van der Waals surface area contributed by atoms with Crippen molar-refractivity contribution in [2.75, 3.05) is 38.8 Å². The number of ether oxygens (including phenoxy) is 1. The van der Waals surface area contributed by atoms with Crippen LogP contribution in [0.4, 0.5) is 20.2 Å². The minimum atomic E-state index is -4.17. The summed E-state index contributed by atoms with van der Waals surface area (Å²) in [5.74, 6) is -1.33. The molecular weight excluding hydrogens is 556 g/mol. The first-order chi connectivity index (χ1) is 19.6. The molecule has 2 aromatic carbocycles. The van der Waals surface area contributed by atoms with Crippen LogP contribution in [0.2, 0.25) is 0 Å². The number of nitrogens with one attached hydrogen (secondary N) is 3. The van der Waals surface area contributed by atoms with Gasteiger partial charge in [0.1, 0.15) is 25.0 Å². The Bertz CT molecular complexity index is 1510. The SMILES string of the molecule is CNC(=O)COCNS(=O)(=O)c1cc(Nc2ccc(F)cc2C)c(C(=O)N2CCC(c3ccc(F)cc3)CC2)cn1. The number of pyridine rings is 1. The zero-order valence-corrected chi connectivity index (χ0v) is 23.4. The third kappa shape index (κ3) is 7.63. The molecule has 1 fully saturated rings. The molecule has 10 nitrogen and oxygen atoms in total. The Kier molecular flexibility index (Phi) is 9.63. The van der Waals surface area contributed by atoms with Gasteiger partial charge in [0.15, 0.2) is 5.03 Å². The van der Waals surface area contributed by atoms with Gasteiger partial charge in [0, 0.05) is 38.1 Å². The van der Waals surface area contributed by atoms with Crippen molar-refractivity contribution in [3.8, 4) is 0 Å². The van der Waals surface area contributed by atoms with Crippen molar-refractivity contribution in [1.29, 1.82) is 0 Å². The molecule has 13 heteroatoms. The minimum absolute atomic E-state index is 0.142. The number of sulfonamides is 1. The molecule has 1 aromatic heterocycles. The second-order valence-electron chi connectivity index (χ2n) is 9.58. The van der Waals surface area contributed by atoms with Crippen molar-refractivity contribution < 1.29 is 31.5 Å². The number of carbonyl (C=O) groups is 2. The van der Waals surface area contributed by atoms with Crippen LogP contribution in [0.25, 0.3) is 0 Å². The van der Waals surface area contributed by atoms with E-state index in [4.69, 9.17) is 4.74 Å². The highest BCUT2D eigenvalue weighted by Crippen LogP contribution is 2.31. The van der Waals surface area contributed by atoms with E-state index in [0.29, 0.717) is 37.2 Å². The van der Waals surface area contributed by atoms with Gasteiger partial charge in [-0.1, -0.05) is 12.1 Å². The van der Waals surface area contributed by atoms with Gasteiger partial charge in [0.25, 0.3) is 15.9 Å². The number of rotatable bonds is 10. The largest absolute Gasteiger partial charge is 0.357 e. The van der Waals surface area contributed by atoms with E-state index in [9.17, 15) is 26.8 Å². The molecule has 0 atom stereocenters. The maximum atomic E-state index is 13.7. The number of amides is 2. The molecule has 3 N–H and O–H groups in total. The van der Waals surface area contributed by atoms with Gasteiger partial charge < -0.3 is 20.3 Å². The predicted octanol–water partition coefficient (Wildman–Crippen LogP) is 3.43. The van der Waals surface area contributed by atoms with Crippen molar-refractivity contribution in [1.82, 2.24) is 19.9 Å². The van der Waals surface area contributed by atoms with Crippen LogP contribution in [-0.2, 0) is 19.6 Å². The fraction of sp³-hybridized carbons (Fsp3) is 0.321. The molecule has 0 radical (unpaired) electrons. The molecule has 218 valence electrons. The fourth-order valence-corrected chi connectivity index (χ4v) is 5.35. The van der Waals surface area contributed by atoms with Crippen LogP contribution < -0.4 is 15.4 Å². The summed E-state index contributed by atoms with van der Waals surface area (Å²) in [5, 5.41) is 5.04. The van der Waals surface area contributed by atoms with Crippen molar-refractivity contribution in [3.63, 3.8) is 0 Å². The van der Waals surface area contributed by atoms with Crippen LogP contribution >= 0.6 is 0 Å². The molecule has 0 bridgehead atoms. The molecule has 3 aromatic rings. The van der Waals surface area contributed by atoms with Crippen molar-refractivity contribution in [2.45, 2.75) is 30.7 Å². The highest BCUT2D eigenvalue weighted by atomic mass is 32.2.